The summed E-state index contributed by atoms with van der Waals surface area (Å²) in [5, 5.41) is 33.5. The van der Waals surface area contributed by atoms with Gasteiger partial charge in [-0.15, -0.1) is 22.7 Å². The van der Waals surface area contributed by atoms with Crippen molar-refractivity contribution in [1.29, 1.82) is 21.0 Å². The number of ether oxygens (including phenoxy) is 2. The smallest absolute Gasteiger partial charge is 0.171 e. The average molecular weight is 577 g/mol. The van der Waals surface area contributed by atoms with Crippen molar-refractivity contribution >= 4 is 63.4 Å². The molecule has 3 aromatic carbocycles. The van der Waals surface area contributed by atoms with Gasteiger partial charge < -0.3 is 9.47 Å². The Kier molecular flexibility index (Phi) is 7.88. The normalized spacial score (nSPS) is 10.2. The molecule has 0 radical (unpaired) electrons. The number of hydrogen-bond donors (Lipinski definition) is 0. The molecule has 0 aliphatic rings. The Morgan fingerprint density at radius 1 is 0.600 bits per heavy atom. The number of nitrogens with zero attached hydrogens (tertiary/aromatic N) is 4. The maximum absolute atomic E-state index is 13.6. The lowest BCUT2D eigenvalue weighted by molar-refractivity contribution is 0.415. The van der Waals surface area contributed by atoms with E-state index in [1.54, 1.807) is 14.2 Å². The first-order valence-corrected chi connectivity index (χ1v) is 12.6. The Balaban J connectivity index is 0.000000185. The van der Waals surface area contributed by atoms with E-state index in [1.807, 2.05) is 34.8 Å². The molecule has 0 fully saturated rings. The van der Waals surface area contributed by atoms with Gasteiger partial charge in [-0.05, 0) is 36.4 Å². The zero-order valence-electron chi connectivity index (χ0n) is 20.4. The molecule has 0 N–H and O–H groups in total. The number of halogens is 4. The molecule has 2 heterocycles. The van der Waals surface area contributed by atoms with E-state index < -0.39 is 44.9 Å². The van der Waals surface area contributed by atoms with Gasteiger partial charge in [0.1, 0.15) is 46.9 Å². The van der Waals surface area contributed by atoms with Gasteiger partial charge in [-0.25, -0.2) is 17.6 Å². The van der Waals surface area contributed by atoms with Gasteiger partial charge >= 0.3 is 0 Å². The second-order valence-electron chi connectivity index (χ2n) is 7.79. The number of fused-ring (bicyclic) bond motifs is 5. The molecule has 0 amide bonds. The molecular formula is C28H12F4N4O2S2. The molecule has 196 valence electrons. The number of thiophene rings is 2. The lowest BCUT2D eigenvalue weighted by Gasteiger charge is -2.01. The number of hydrogen-bond acceptors (Lipinski definition) is 8. The Bertz CT molecular complexity index is 1920. The van der Waals surface area contributed by atoms with Crippen LogP contribution in [-0.2, 0) is 0 Å². The van der Waals surface area contributed by atoms with Crippen molar-refractivity contribution in [2.24, 2.45) is 0 Å². The molecule has 0 spiro atoms. The first kappa shape index (κ1) is 27.9. The van der Waals surface area contributed by atoms with Crippen molar-refractivity contribution in [3.05, 3.63) is 70.1 Å². The standard InChI is InChI=1S/C16H12O2S2.C12F4N4/c1-17-9-3-5-13-11(7-9)15-16(19-13)12-8-10(18-2)4-6-14(12)20-15;13-9-7(5(1-17)2-18)10(14)12(16)8(11(9)15)6(3-19)4-20/h3-8H,1-2H3;. The molecule has 2 aromatic heterocycles. The summed E-state index contributed by atoms with van der Waals surface area (Å²) in [6.07, 6.45) is 0. The zero-order valence-corrected chi connectivity index (χ0v) is 22.0. The fourth-order valence-corrected chi connectivity index (χ4v) is 6.41. The van der Waals surface area contributed by atoms with Gasteiger partial charge in [0, 0.05) is 20.2 Å². The van der Waals surface area contributed by atoms with Crippen molar-refractivity contribution in [3.8, 4) is 35.8 Å². The third-order valence-electron chi connectivity index (χ3n) is 5.70. The van der Waals surface area contributed by atoms with E-state index in [9.17, 15) is 17.6 Å². The van der Waals surface area contributed by atoms with Crippen LogP contribution in [0, 0.1) is 68.6 Å². The summed E-state index contributed by atoms with van der Waals surface area (Å²) in [7, 11) is 3.42. The molecule has 5 rings (SSSR count). The third kappa shape index (κ3) is 4.63. The number of nitriles is 4. The molecule has 0 aliphatic heterocycles. The van der Waals surface area contributed by atoms with Crippen molar-refractivity contribution in [3.63, 3.8) is 0 Å². The van der Waals surface area contributed by atoms with E-state index in [0.717, 1.165) is 35.8 Å². The fourth-order valence-electron chi connectivity index (χ4n) is 3.82. The zero-order chi connectivity index (χ0) is 29.1. The van der Waals surface area contributed by atoms with Crippen LogP contribution in [0.3, 0.4) is 0 Å². The Morgan fingerprint density at radius 3 is 1.20 bits per heavy atom. The summed E-state index contributed by atoms with van der Waals surface area (Å²) >= 11 is 3.67. The Hall–Kier alpha value is -5.14. The van der Waals surface area contributed by atoms with E-state index in [1.165, 1.54) is 29.6 Å². The number of methoxy groups -OCH3 is 2. The lowest BCUT2D eigenvalue weighted by atomic mass is 10.1. The van der Waals surface area contributed by atoms with E-state index in [-0.39, 0.29) is 0 Å². The first-order chi connectivity index (χ1) is 19.2. The van der Waals surface area contributed by atoms with Crippen LogP contribution in [0.15, 0.2) is 36.4 Å². The summed E-state index contributed by atoms with van der Waals surface area (Å²) < 4.78 is 70.5. The summed E-state index contributed by atoms with van der Waals surface area (Å²) in [6, 6.07) is 16.9. The highest BCUT2D eigenvalue weighted by molar-refractivity contribution is 7.36. The van der Waals surface area contributed by atoms with Crippen molar-refractivity contribution in [2.45, 2.75) is 0 Å². The molecule has 0 aliphatic carbocycles. The lowest BCUT2D eigenvalue weighted by Crippen LogP contribution is -2.31. The minimum atomic E-state index is -2.03. The Morgan fingerprint density at radius 2 is 0.925 bits per heavy atom. The van der Waals surface area contributed by atoms with Crippen molar-refractivity contribution < 1.29 is 27.0 Å². The fraction of sp³-hybridized carbons (Fsp3) is 0.0714. The van der Waals surface area contributed by atoms with Crippen LogP contribution >= 0.6 is 22.7 Å². The predicted octanol–water partition coefficient (Wildman–Crippen LogP) is 5.93. The summed E-state index contributed by atoms with van der Waals surface area (Å²) in [6.45, 7) is 0. The monoisotopic (exact) mass is 576 g/mol. The Labute approximate surface area is 231 Å². The molecule has 0 atom stereocenters. The highest BCUT2D eigenvalue weighted by Crippen LogP contribution is 2.45. The molecular weight excluding hydrogens is 564 g/mol. The van der Waals surface area contributed by atoms with Gasteiger partial charge in [0.25, 0.3) is 0 Å². The molecule has 0 saturated carbocycles. The maximum atomic E-state index is 13.6. The molecule has 0 saturated heterocycles. The maximum Gasteiger partial charge on any atom is 0.171 e. The van der Waals surface area contributed by atoms with Crippen LogP contribution in [-0.4, -0.2) is 14.2 Å². The molecule has 0 bridgehead atoms. The van der Waals surface area contributed by atoms with Crippen LogP contribution in [0.25, 0.3) is 40.7 Å². The van der Waals surface area contributed by atoms with E-state index >= 15 is 0 Å². The van der Waals surface area contributed by atoms with Crippen LogP contribution < -0.4 is 19.9 Å². The number of rotatable bonds is 2. The minimum Gasteiger partial charge on any atom is -0.497 e. The first-order valence-electron chi connectivity index (χ1n) is 10.9. The molecule has 0 unspecified atom stereocenters. The van der Waals surface area contributed by atoms with Gasteiger partial charge in [-0.3, -0.25) is 0 Å². The molecule has 12 heteroatoms. The van der Waals surface area contributed by atoms with E-state index in [0.29, 0.717) is 0 Å². The molecule has 5 aromatic rings. The van der Waals surface area contributed by atoms with Gasteiger partial charge in [0.2, 0.25) is 0 Å². The second kappa shape index (κ2) is 11.3. The van der Waals surface area contributed by atoms with Crippen LogP contribution in [0.1, 0.15) is 0 Å². The molecule has 6 nitrogen and oxygen atoms in total. The largest absolute Gasteiger partial charge is 0.497 e. The predicted molar refractivity (Wildman–Crippen MR) is 143 cm³/mol. The van der Waals surface area contributed by atoms with Crippen LogP contribution in [0.4, 0.5) is 17.6 Å². The third-order valence-corrected chi connectivity index (χ3v) is 8.24. The van der Waals surface area contributed by atoms with E-state index in [2.05, 4.69) is 24.3 Å². The number of benzene rings is 3. The van der Waals surface area contributed by atoms with Crippen molar-refractivity contribution in [2.75, 3.05) is 14.2 Å². The summed E-state index contributed by atoms with van der Waals surface area (Å²) in [4.78, 5) is 0. The van der Waals surface area contributed by atoms with E-state index in [4.69, 9.17) is 30.5 Å². The van der Waals surface area contributed by atoms with Crippen LogP contribution in [0.5, 0.6) is 11.5 Å². The summed E-state index contributed by atoms with van der Waals surface area (Å²) in [5.74, 6) is -6.29. The summed E-state index contributed by atoms with van der Waals surface area (Å²) in [5.41, 5.74) is -2.36. The van der Waals surface area contributed by atoms with Gasteiger partial charge in [-0.1, -0.05) is 0 Å². The van der Waals surface area contributed by atoms with Crippen LogP contribution in [0.2, 0.25) is 0 Å². The average Bonchev–Trinajstić information content (AvgIpc) is 3.52. The topological polar surface area (TPSA) is 114 Å². The van der Waals surface area contributed by atoms with Gasteiger partial charge in [0.15, 0.2) is 23.3 Å². The van der Waals surface area contributed by atoms with Crippen molar-refractivity contribution in [1.82, 2.24) is 0 Å². The van der Waals surface area contributed by atoms with Gasteiger partial charge in [-0.2, -0.15) is 21.0 Å². The van der Waals surface area contributed by atoms with Gasteiger partial charge in [0.05, 0.1) is 34.1 Å². The highest BCUT2D eigenvalue weighted by Gasteiger charge is 2.22. The second-order valence-corrected chi connectivity index (χ2v) is 9.89. The SMILES string of the molecule is COc1ccc2sc3c4cc(OC)ccc4sc3c2c1.N#CC(C#N)=c1c(F)c(F)c(=C(C#N)C#N)c(F)c1F. The molecule has 40 heavy (non-hydrogen) atoms. The highest BCUT2D eigenvalue weighted by atomic mass is 32.1. The minimum absolute atomic E-state index is 0.909. The quantitative estimate of drug-likeness (QED) is 0.190.